The number of aliphatic imine (C=N–C) groups is 1. The van der Waals surface area contributed by atoms with Crippen LogP contribution in [0.25, 0.3) is 0 Å². The molecule has 0 saturated heterocycles. The van der Waals surface area contributed by atoms with E-state index in [-0.39, 0.29) is 9.79 Å². The van der Waals surface area contributed by atoms with Crippen molar-refractivity contribution in [2.24, 2.45) is 4.99 Å². The van der Waals surface area contributed by atoms with Gasteiger partial charge in [0.15, 0.2) is 0 Å². The van der Waals surface area contributed by atoms with Crippen LogP contribution < -0.4 is 0 Å². The Balaban J connectivity index is 2.80. The summed E-state index contributed by atoms with van der Waals surface area (Å²) in [6.07, 6.45) is 0. The van der Waals surface area contributed by atoms with Crippen molar-refractivity contribution < 1.29 is 12.6 Å². The van der Waals surface area contributed by atoms with Crippen molar-refractivity contribution in [2.75, 3.05) is 0 Å². The molecule has 1 heterocycles. The molecule has 1 aromatic carbocycles. The number of rotatable bonds is 1. The van der Waals surface area contributed by atoms with Gasteiger partial charge in [0.25, 0.3) is 9.05 Å². The molecule has 0 radical (unpaired) electrons. The lowest BCUT2D eigenvalue weighted by molar-refractivity contribution is 0.607. The zero-order valence-corrected chi connectivity index (χ0v) is 9.06. The molecule has 2 rings (SSSR count). The predicted molar refractivity (Wildman–Crippen MR) is 54.0 cm³/mol. The molecule has 1 aromatic rings. The van der Waals surface area contributed by atoms with E-state index in [2.05, 4.69) is 4.99 Å². The lowest BCUT2D eigenvalue weighted by atomic mass is 10.3. The standard InChI is InChI=1S/C7H4ClNO3S2/c8-14(11,12)6-3-1-2-5-7(6)13(10)4-9-5/h1-4H. The molecule has 0 amide bonds. The van der Waals surface area contributed by atoms with Gasteiger partial charge < -0.3 is 0 Å². The van der Waals surface area contributed by atoms with Crippen molar-refractivity contribution in [3.63, 3.8) is 0 Å². The van der Waals surface area contributed by atoms with Gasteiger partial charge >= 0.3 is 0 Å². The smallest absolute Gasteiger partial charge is 0.248 e. The van der Waals surface area contributed by atoms with Gasteiger partial charge in [0.05, 0.1) is 26.9 Å². The van der Waals surface area contributed by atoms with E-state index in [0.29, 0.717) is 5.69 Å². The highest BCUT2D eigenvalue weighted by Crippen LogP contribution is 2.34. The van der Waals surface area contributed by atoms with Gasteiger partial charge in [-0.25, -0.2) is 17.6 Å². The second-order valence-electron chi connectivity index (χ2n) is 2.57. The molecule has 1 unspecified atom stereocenters. The van der Waals surface area contributed by atoms with Gasteiger partial charge in [0.2, 0.25) is 0 Å². The molecule has 14 heavy (non-hydrogen) atoms. The van der Waals surface area contributed by atoms with E-state index in [0.717, 1.165) is 0 Å². The number of nitrogens with zero attached hydrogens (tertiary/aromatic N) is 1. The summed E-state index contributed by atoms with van der Waals surface area (Å²) in [5.41, 5.74) is 1.58. The first-order valence-electron chi connectivity index (χ1n) is 3.52. The molecule has 1 atom stereocenters. The summed E-state index contributed by atoms with van der Waals surface area (Å²) < 4.78 is 33.6. The summed E-state index contributed by atoms with van der Waals surface area (Å²) in [6.45, 7) is 0. The summed E-state index contributed by atoms with van der Waals surface area (Å²) in [6, 6.07) is 4.41. The quantitative estimate of drug-likeness (QED) is 0.707. The first kappa shape index (κ1) is 9.82. The fourth-order valence-electron chi connectivity index (χ4n) is 1.16. The van der Waals surface area contributed by atoms with E-state index in [1.165, 1.54) is 17.7 Å². The van der Waals surface area contributed by atoms with E-state index >= 15 is 0 Å². The molecule has 74 valence electrons. The number of fused-ring (bicyclic) bond motifs is 1. The van der Waals surface area contributed by atoms with E-state index < -0.39 is 19.9 Å². The highest BCUT2D eigenvalue weighted by molar-refractivity contribution is 8.14. The molecule has 0 aliphatic carbocycles. The maximum atomic E-state index is 11.4. The largest absolute Gasteiger partial charge is 0.262 e. The van der Waals surface area contributed by atoms with Gasteiger partial charge in [-0.3, -0.25) is 0 Å². The summed E-state index contributed by atoms with van der Waals surface area (Å²) in [5.74, 6) is 0. The van der Waals surface area contributed by atoms with Crippen molar-refractivity contribution in [3.8, 4) is 0 Å². The normalized spacial score (nSPS) is 19.6. The first-order chi connectivity index (χ1) is 6.50. The molecular formula is C7H4ClNO3S2. The van der Waals surface area contributed by atoms with Crippen LogP contribution >= 0.6 is 10.7 Å². The molecule has 1 aliphatic rings. The van der Waals surface area contributed by atoms with Gasteiger partial charge in [0.1, 0.15) is 4.90 Å². The number of hydrogen-bond acceptors (Lipinski definition) is 4. The Hall–Kier alpha value is -0.720. The van der Waals surface area contributed by atoms with Crippen molar-refractivity contribution in [3.05, 3.63) is 18.2 Å². The molecular weight excluding hydrogens is 246 g/mol. The van der Waals surface area contributed by atoms with Crippen LogP contribution in [-0.4, -0.2) is 18.2 Å². The predicted octanol–water partition coefficient (Wildman–Crippen LogP) is 1.40. The fraction of sp³-hybridized carbons (Fsp3) is 0. The summed E-state index contributed by atoms with van der Waals surface area (Å²) in [4.78, 5) is 3.84. The molecule has 7 heteroatoms. The molecule has 0 fully saturated rings. The molecule has 1 aliphatic heterocycles. The summed E-state index contributed by atoms with van der Waals surface area (Å²) in [7, 11) is -0.183. The van der Waals surface area contributed by atoms with Crippen LogP contribution in [0.2, 0.25) is 0 Å². The first-order valence-corrected chi connectivity index (χ1v) is 7.05. The van der Waals surface area contributed by atoms with Crippen molar-refractivity contribution in [2.45, 2.75) is 9.79 Å². The van der Waals surface area contributed by atoms with Crippen LogP contribution in [0.4, 0.5) is 5.69 Å². The minimum atomic E-state index is -3.86. The fourth-order valence-corrected chi connectivity index (χ4v) is 3.73. The molecule has 0 saturated carbocycles. The van der Waals surface area contributed by atoms with Crippen LogP contribution in [-0.2, 0) is 19.9 Å². The minimum Gasteiger partial charge on any atom is -0.248 e. The van der Waals surface area contributed by atoms with Crippen molar-refractivity contribution >= 4 is 41.8 Å². The third kappa shape index (κ3) is 1.49. The molecule has 4 nitrogen and oxygen atoms in total. The average molecular weight is 250 g/mol. The Kier molecular flexibility index (Phi) is 2.21. The third-order valence-electron chi connectivity index (χ3n) is 1.71. The highest BCUT2D eigenvalue weighted by atomic mass is 35.7. The summed E-state index contributed by atoms with van der Waals surface area (Å²) >= 11 is 0. The maximum absolute atomic E-state index is 11.4. The average Bonchev–Trinajstić information content (AvgIpc) is 2.46. The lowest BCUT2D eigenvalue weighted by Gasteiger charge is -2.01. The zero-order valence-electron chi connectivity index (χ0n) is 6.68. The van der Waals surface area contributed by atoms with Gasteiger partial charge in [-0.1, -0.05) is 6.07 Å². The lowest BCUT2D eigenvalue weighted by Crippen LogP contribution is -1.97. The topological polar surface area (TPSA) is 63.6 Å². The Morgan fingerprint density at radius 3 is 2.71 bits per heavy atom. The van der Waals surface area contributed by atoms with Crippen LogP contribution in [0.3, 0.4) is 0 Å². The number of benzene rings is 1. The monoisotopic (exact) mass is 249 g/mol. The Morgan fingerprint density at radius 2 is 2.07 bits per heavy atom. The maximum Gasteiger partial charge on any atom is 0.262 e. The second-order valence-corrected chi connectivity index (χ2v) is 6.32. The Labute approximate surface area is 87.5 Å². The van der Waals surface area contributed by atoms with Crippen LogP contribution in [0.15, 0.2) is 33.0 Å². The Bertz CT molecular complexity index is 550. The van der Waals surface area contributed by atoms with Crippen molar-refractivity contribution in [1.82, 2.24) is 0 Å². The summed E-state index contributed by atoms with van der Waals surface area (Å²) in [5, 5.41) is 0. The SMILES string of the molecule is O=S1C=Nc2cccc(S(=O)(=O)Cl)c21. The Morgan fingerprint density at radius 1 is 1.36 bits per heavy atom. The molecule has 0 N–H and O–H groups in total. The minimum absolute atomic E-state index is 0.132. The number of halogens is 1. The van der Waals surface area contributed by atoms with Crippen LogP contribution in [0.1, 0.15) is 0 Å². The number of hydrogen-bond donors (Lipinski definition) is 0. The van der Waals surface area contributed by atoms with Crippen LogP contribution in [0, 0.1) is 0 Å². The molecule has 0 spiro atoms. The van der Waals surface area contributed by atoms with E-state index in [1.807, 2.05) is 0 Å². The van der Waals surface area contributed by atoms with E-state index in [4.69, 9.17) is 10.7 Å². The van der Waals surface area contributed by atoms with Gasteiger partial charge in [-0.05, 0) is 12.1 Å². The van der Waals surface area contributed by atoms with E-state index in [1.54, 1.807) is 6.07 Å². The zero-order chi connectivity index (χ0) is 10.3. The van der Waals surface area contributed by atoms with Crippen molar-refractivity contribution in [1.29, 1.82) is 0 Å². The van der Waals surface area contributed by atoms with Gasteiger partial charge in [-0.2, -0.15) is 0 Å². The van der Waals surface area contributed by atoms with E-state index in [9.17, 15) is 12.6 Å². The van der Waals surface area contributed by atoms with Gasteiger partial charge in [0, 0.05) is 10.7 Å². The third-order valence-corrected chi connectivity index (χ3v) is 4.33. The second kappa shape index (κ2) is 3.15. The molecule has 0 bridgehead atoms. The highest BCUT2D eigenvalue weighted by Gasteiger charge is 2.24. The molecule has 0 aromatic heterocycles. The van der Waals surface area contributed by atoms with Crippen LogP contribution in [0.5, 0.6) is 0 Å². The van der Waals surface area contributed by atoms with Gasteiger partial charge in [-0.15, -0.1) is 0 Å².